The molecule has 4 aromatic carbocycles. The van der Waals surface area contributed by atoms with Gasteiger partial charge in [0.05, 0.1) is 6.16 Å². The summed E-state index contributed by atoms with van der Waals surface area (Å²) in [5, 5.41) is 4.37. The van der Waals surface area contributed by atoms with Crippen molar-refractivity contribution in [1.82, 2.24) is 0 Å². The summed E-state index contributed by atoms with van der Waals surface area (Å²) in [7, 11) is -1.73. The number of benzene rings is 4. The zero-order chi connectivity index (χ0) is 28.0. The maximum Gasteiger partial charge on any atom is 0.311 e. The Bertz CT molecular complexity index is 1230. The predicted molar refractivity (Wildman–Crippen MR) is 175 cm³/mol. The predicted octanol–water partition coefficient (Wildman–Crippen LogP) is 7.34. The second-order valence-corrected chi connectivity index (χ2v) is 14.2. The van der Waals surface area contributed by atoms with Gasteiger partial charge in [-0.3, -0.25) is 4.79 Å². The van der Waals surface area contributed by atoms with Gasteiger partial charge in [0.1, 0.15) is 33.9 Å². The number of esters is 1. The Kier molecular flexibility index (Phi) is 11.5. The highest BCUT2D eigenvalue weighted by Crippen LogP contribution is 2.56. The molecule has 0 saturated heterocycles. The lowest BCUT2D eigenvalue weighted by atomic mass is 10.1. The van der Waals surface area contributed by atoms with Crippen molar-refractivity contribution >= 4 is 46.4 Å². The molecule has 0 saturated carbocycles. The van der Waals surface area contributed by atoms with Crippen LogP contribution in [0.1, 0.15) is 56.9 Å². The van der Waals surface area contributed by atoms with Crippen molar-refractivity contribution in [1.29, 1.82) is 0 Å². The highest BCUT2D eigenvalue weighted by atomic mass is 32.1. The van der Waals surface area contributed by atoms with Crippen LogP contribution in [0.5, 0.6) is 5.75 Å². The van der Waals surface area contributed by atoms with Gasteiger partial charge in [-0.2, -0.15) is 0 Å². The summed E-state index contributed by atoms with van der Waals surface area (Å²) < 4.78 is 5.43. The Morgan fingerprint density at radius 3 is 1.48 bits per heavy atom. The molecule has 40 heavy (non-hydrogen) atoms. The molecule has 0 atom stereocenters. The van der Waals surface area contributed by atoms with E-state index >= 15 is 0 Å². The van der Waals surface area contributed by atoms with Gasteiger partial charge in [0.25, 0.3) is 0 Å². The molecule has 0 amide bonds. The van der Waals surface area contributed by atoms with E-state index in [0.29, 0.717) is 17.2 Å². The number of thiocarbonyl (C=S) groups is 1. The first-order chi connectivity index (χ1) is 19.6. The van der Waals surface area contributed by atoms with Crippen molar-refractivity contribution in [3.05, 3.63) is 121 Å². The zero-order valence-electron chi connectivity index (χ0n) is 23.1. The summed E-state index contributed by atoms with van der Waals surface area (Å²) in [6.07, 6.45) is 9.50. The van der Waals surface area contributed by atoms with Crippen molar-refractivity contribution in [2.75, 3.05) is 6.16 Å². The molecule has 4 rings (SSSR count). The van der Waals surface area contributed by atoms with E-state index in [2.05, 4.69) is 91.0 Å². The van der Waals surface area contributed by atoms with E-state index in [-0.39, 0.29) is 5.97 Å². The summed E-state index contributed by atoms with van der Waals surface area (Å²) in [6, 6.07) is 40.4. The van der Waals surface area contributed by atoms with Crippen LogP contribution in [0.25, 0.3) is 0 Å². The topological polar surface area (TPSA) is 52.3 Å². The number of carbonyl (C=O) groups excluding carboxylic acids is 1. The molecule has 0 aliphatic heterocycles. The van der Waals surface area contributed by atoms with Crippen LogP contribution in [0.15, 0.2) is 115 Å². The van der Waals surface area contributed by atoms with Gasteiger partial charge < -0.3 is 10.5 Å². The van der Waals surface area contributed by atoms with E-state index < -0.39 is 7.26 Å². The molecule has 0 heterocycles. The van der Waals surface area contributed by atoms with E-state index in [9.17, 15) is 4.79 Å². The number of nitrogens with two attached hydrogens (primary N) is 1. The molecular weight excluding hydrogens is 529 g/mol. The average Bonchev–Trinajstić information content (AvgIpc) is 3.00. The summed E-state index contributed by atoms with van der Waals surface area (Å²) in [5.41, 5.74) is 6.38. The van der Waals surface area contributed by atoms with Crippen LogP contribution >= 0.6 is 19.5 Å². The van der Waals surface area contributed by atoms with E-state index in [0.717, 1.165) is 24.8 Å². The molecule has 5 heteroatoms. The summed E-state index contributed by atoms with van der Waals surface area (Å²) in [6.45, 7) is 0. The van der Waals surface area contributed by atoms with Crippen LogP contribution in [0.2, 0.25) is 0 Å². The highest BCUT2D eigenvalue weighted by Gasteiger charge is 2.44. The third-order valence-electron chi connectivity index (χ3n) is 7.34. The Morgan fingerprint density at radius 2 is 1.02 bits per heavy atom. The third-order valence-corrected chi connectivity index (χ3v) is 12.1. The molecule has 0 aromatic heterocycles. The summed E-state index contributed by atoms with van der Waals surface area (Å²) in [4.78, 5) is 12.5. The Hall–Kier alpha value is -3.33. The number of hydrogen-bond acceptors (Lipinski definition) is 3. The fraction of sp³-hybridized carbons (Fsp3) is 0.257. The van der Waals surface area contributed by atoms with E-state index in [1.165, 1.54) is 47.8 Å². The highest BCUT2D eigenvalue weighted by molar-refractivity contribution is 7.95. The maximum atomic E-state index is 12.2. The van der Waals surface area contributed by atoms with E-state index in [1.807, 2.05) is 0 Å². The maximum absolute atomic E-state index is 12.2. The van der Waals surface area contributed by atoms with Crippen LogP contribution in [0, 0.1) is 0 Å². The summed E-state index contributed by atoms with van der Waals surface area (Å²) in [5.74, 6) is 0.344. The third kappa shape index (κ3) is 8.10. The number of hydrogen-bond donors (Lipinski definition) is 1. The standard InChI is InChI=1S/C35H38NO2PS/c36-35(40)29-24-26-30(27-25-29)38-34(37)23-15-4-2-1-3-5-16-28-39(31-17-9-6-10-18-31,32-19-11-7-12-20-32)33-21-13-8-14-22-33/h6-14,17-22,24-27H,1-5,15-16,23,28H2,(H-,36,40)/p+1. The van der Waals surface area contributed by atoms with Gasteiger partial charge in [0.15, 0.2) is 0 Å². The molecular formula is C35H39NO2PS+. The lowest BCUT2D eigenvalue weighted by Crippen LogP contribution is -2.33. The monoisotopic (exact) mass is 568 g/mol. The van der Waals surface area contributed by atoms with Gasteiger partial charge in [-0.25, -0.2) is 0 Å². The molecule has 3 nitrogen and oxygen atoms in total. The van der Waals surface area contributed by atoms with Crippen molar-refractivity contribution in [3.8, 4) is 5.75 Å². The van der Waals surface area contributed by atoms with Crippen LogP contribution in [-0.2, 0) is 4.79 Å². The van der Waals surface area contributed by atoms with Gasteiger partial charge in [-0.15, -0.1) is 0 Å². The smallest absolute Gasteiger partial charge is 0.311 e. The molecule has 2 N–H and O–H groups in total. The molecule has 0 spiro atoms. The van der Waals surface area contributed by atoms with Crippen LogP contribution in [0.3, 0.4) is 0 Å². The SMILES string of the molecule is NC(=S)c1ccc(OC(=O)CCCCCCCCC[P+](c2ccccc2)(c2ccccc2)c2ccccc2)cc1. The molecule has 0 radical (unpaired) electrons. The van der Waals surface area contributed by atoms with Gasteiger partial charge in [0, 0.05) is 12.0 Å². The van der Waals surface area contributed by atoms with E-state index in [1.54, 1.807) is 24.3 Å². The van der Waals surface area contributed by atoms with Gasteiger partial charge in [-0.1, -0.05) is 92.5 Å². The lowest BCUT2D eigenvalue weighted by Gasteiger charge is -2.27. The molecule has 0 fully saturated rings. The minimum Gasteiger partial charge on any atom is -0.427 e. The second kappa shape index (κ2) is 15.5. The molecule has 206 valence electrons. The van der Waals surface area contributed by atoms with Crippen molar-refractivity contribution in [3.63, 3.8) is 0 Å². The minimum atomic E-state index is -1.73. The lowest BCUT2D eigenvalue weighted by molar-refractivity contribution is -0.134. The first-order valence-electron chi connectivity index (χ1n) is 14.2. The zero-order valence-corrected chi connectivity index (χ0v) is 24.8. The van der Waals surface area contributed by atoms with E-state index in [4.69, 9.17) is 22.7 Å². The fourth-order valence-electron chi connectivity index (χ4n) is 5.25. The quantitative estimate of drug-likeness (QED) is 0.0536. The fourth-order valence-corrected chi connectivity index (χ4v) is 9.80. The van der Waals surface area contributed by atoms with Crippen molar-refractivity contribution < 1.29 is 9.53 Å². The molecule has 0 aliphatic carbocycles. The Morgan fingerprint density at radius 1 is 0.600 bits per heavy atom. The molecule has 0 unspecified atom stereocenters. The number of unbranched alkanes of at least 4 members (excludes halogenated alkanes) is 6. The first-order valence-corrected chi connectivity index (χ1v) is 16.6. The van der Waals surface area contributed by atoms with Gasteiger partial charge >= 0.3 is 5.97 Å². The summed E-state index contributed by atoms with van der Waals surface area (Å²) >= 11 is 4.96. The molecule has 0 bridgehead atoms. The molecule has 4 aromatic rings. The first kappa shape index (κ1) is 29.6. The largest absolute Gasteiger partial charge is 0.427 e. The number of rotatable bonds is 15. The number of ether oxygens (including phenoxy) is 1. The van der Waals surface area contributed by atoms with Crippen LogP contribution in [0.4, 0.5) is 0 Å². The van der Waals surface area contributed by atoms with Gasteiger partial charge in [-0.05, 0) is 79.9 Å². The minimum absolute atomic E-state index is 0.189. The normalized spacial score (nSPS) is 11.2. The number of carbonyl (C=O) groups is 1. The van der Waals surface area contributed by atoms with Crippen LogP contribution in [-0.4, -0.2) is 17.1 Å². The van der Waals surface area contributed by atoms with Crippen molar-refractivity contribution in [2.45, 2.75) is 51.4 Å². The average molecular weight is 569 g/mol. The Balaban J connectivity index is 1.24. The van der Waals surface area contributed by atoms with Crippen LogP contribution < -0.4 is 26.4 Å². The second-order valence-electron chi connectivity index (χ2n) is 10.1. The van der Waals surface area contributed by atoms with Gasteiger partial charge in [0.2, 0.25) is 0 Å². The molecule has 0 aliphatic rings. The van der Waals surface area contributed by atoms with Crippen molar-refractivity contribution in [2.24, 2.45) is 5.73 Å². The Labute approximate surface area is 245 Å².